The average Bonchev–Trinajstić information content (AvgIpc) is 3.18. The lowest BCUT2D eigenvalue weighted by atomic mass is 9.77. The summed E-state index contributed by atoms with van der Waals surface area (Å²) in [4.78, 5) is 43.0. The van der Waals surface area contributed by atoms with Crippen molar-refractivity contribution in [2.45, 2.75) is 25.4 Å². The highest BCUT2D eigenvalue weighted by Crippen LogP contribution is 2.58. The fourth-order valence-corrected chi connectivity index (χ4v) is 5.44. The Balaban J connectivity index is 1.68. The number of methoxy groups -OCH3 is 1. The molecule has 5 rings (SSSR count). The molecule has 3 aliphatic heterocycles. The summed E-state index contributed by atoms with van der Waals surface area (Å²) in [6, 6.07) is 9.30. The first-order chi connectivity index (χ1) is 15.8. The van der Waals surface area contributed by atoms with Gasteiger partial charge in [-0.2, -0.15) is 0 Å². The number of ether oxygens (including phenoxy) is 3. The van der Waals surface area contributed by atoms with Gasteiger partial charge in [0.25, 0.3) is 5.91 Å². The number of anilines is 1. The van der Waals surface area contributed by atoms with Gasteiger partial charge in [0.15, 0.2) is 0 Å². The van der Waals surface area contributed by atoms with E-state index in [9.17, 15) is 18.8 Å². The zero-order valence-electron chi connectivity index (χ0n) is 18.4. The molecule has 33 heavy (non-hydrogen) atoms. The summed E-state index contributed by atoms with van der Waals surface area (Å²) >= 11 is 0. The summed E-state index contributed by atoms with van der Waals surface area (Å²) in [5.41, 5.74) is -0.732. The Morgan fingerprint density at radius 2 is 2.03 bits per heavy atom. The van der Waals surface area contributed by atoms with Crippen LogP contribution in [0.5, 0.6) is 11.5 Å². The van der Waals surface area contributed by atoms with Crippen LogP contribution in [0.2, 0.25) is 0 Å². The van der Waals surface area contributed by atoms with E-state index in [1.165, 1.54) is 30.2 Å². The fourth-order valence-electron chi connectivity index (χ4n) is 5.44. The number of rotatable bonds is 4. The highest BCUT2D eigenvalue weighted by molar-refractivity contribution is 6.24. The number of carbonyl (C=O) groups is 3. The molecule has 3 aliphatic rings. The van der Waals surface area contributed by atoms with Crippen LogP contribution in [0.3, 0.4) is 0 Å². The Kier molecular flexibility index (Phi) is 4.81. The Bertz CT molecular complexity index is 1170. The van der Waals surface area contributed by atoms with Crippen molar-refractivity contribution in [2.75, 3.05) is 25.2 Å². The van der Waals surface area contributed by atoms with E-state index in [1.807, 2.05) is 0 Å². The molecule has 2 fully saturated rings. The molecule has 2 aromatic rings. The zero-order valence-corrected chi connectivity index (χ0v) is 18.4. The van der Waals surface area contributed by atoms with Crippen molar-refractivity contribution in [3.8, 4) is 11.5 Å². The number of fused-ring (bicyclic) bond motifs is 5. The van der Waals surface area contributed by atoms with Crippen LogP contribution in [0.1, 0.15) is 25.5 Å². The molecule has 0 radical (unpaired) electrons. The van der Waals surface area contributed by atoms with E-state index in [2.05, 4.69) is 0 Å². The molecule has 0 saturated carbocycles. The van der Waals surface area contributed by atoms with Crippen LogP contribution in [0.25, 0.3) is 0 Å². The number of urea groups is 1. The third-order valence-electron chi connectivity index (χ3n) is 6.83. The lowest BCUT2D eigenvalue weighted by Gasteiger charge is -2.34. The van der Waals surface area contributed by atoms with E-state index >= 15 is 0 Å². The van der Waals surface area contributed by atoms with Gasteiger partial charge in [-0.15, -0.1) is 0 Å². The highest BCUT2D eigenvalue weighted by Gasteiger charge is 2.72. The van der Waals surface area contributed by atoms with E-state index in [-0.39, 0.29) is 18.9 Å². The van der Waals surface area contributed by atoms with Gasteiger partial charge in [-0.05, 0) is 44.2 Å². The van der Waals surface area contributed by atoms with E-state index in [0.29, 0.717) is 17.1 Å². The van der Waals surface area contributed by atoms with Crippen molar-refractivity contribution in [1.29, 1.82) is 0 Å². The minimum atomic E-state index is -1.52. The third kappa shape index (κ3) is 2.84. The number of amides is 3. The number of benzene rings is 2. The summed E-state index contributed by atoms with van der Waals surface area (Å²) in [7, 11) is 1.54. The van der Waals surface area contributed by atoms with Crippen LogP contribution in [0.4, 0.5) is 14.9 Å². The first-order valence-electron chi connectivity index (χ1n) is 10.7. The smallest absolute Gasteiger partial charge is 0.332 e. The number of imide groups is 1. The van der Waals surface area contributed by atoms with Crippen LogP contribution in [-0.2, 0) is 14.3 Å². The highest BCUT2D eigenvalue weighted by atomic mass is 19.1. The minimum absolute atomic E-state index is 0.113. The molecule has 0 spiro atoms. The molecule has 3 unspecified atom stereocenters. The van der Waals surface area contributed by atoms with E-state index in [4.69, 9.17) is 14.2 Å². The van der Waals surface area contributed by atoms with Gasteiger partial charge in [-0.25, -0.2) is 14.1 Å². The summed E-state index contributed by atoms with van der Waals surface area (Å²) in [6.07, 6.45) is 0. The Labute approximate surface area is 189 Å². The molecule has 172 valence electrons. The Morgan fingerprint density at radius 3 is 2.73 bits per heavy atom. The first kappa shape index (κ1) is 21.2. The van der Waals surface area contributed by atoms with Crippen LogP contribution >= 0.6 is 0 Å². The quantitative estimate of drug-likeness (QED) is 0.521. The van der Waals surface area contributed by atoms with Gasteiger partial charge in [-0.3, -0.25) is 9.59 Å². The first-order valence-corrected chi connectivity index (χ1v) is 10.7. The topological polar surface area (TPSA) is 85.4 Å². The fraction of sp³-hybridized carbons (Fsp3) is 0.375. The number of esters is 1. The molecule has 0 bridgehead atoms. The standard InChI is InChI=1S/C24H23FN2O6/c1-4-32-21(28)19-17-12-33-18-11-15(31-3)8-9-16(18)20(17)27-23(30)26(22(29)24(19,27)2)14-7-5-6-13(25)10-14/h5-11,17,19-20H,4,12H2,1-3H3/t17?,19?,20?,24-/m1/s1. The second kappa shape index (κ2) is 7.47. The molecule has 2 saturated heterocycles. The summed E-state index contributed by atoms with van der Waals surface area (Å²) in [5.74, 6) is -2.08. The average molecular weight is 454 g/mol. The van der Waals surface area contributed by atoms with Crippen molar-refractivity contribution in [3.63, 3.8) is 0 Å². The molecule has 2 aromatic carbocycles. The van der Waals surface area contributed by atoms with Crippen molar-refractivity contribution >= 4 is 23.6 Å². The maximum atomic E-state index is 13.9. The maximum Gasteiger partial charge on any atom is 0.332 e. The number of hydrogen-bond acceptors (Lipinski definition) is 6. The van der Waals surface area contributed by atoms with Crippen LogP contribution < -0.4 is 14.4 Å². The molecular weight excluding hydrogens is 431 g/mol. The monoisotopic (exact) mass is 454 g/mol. The van der Waals surface area contributed by atoms with Crippen molar-refractivity contribution in [1.82, 2.24) is 4.90 Å². The van der Waals surface area contributed by atoms with Gasteiger partial charge in [0.1, 0.15) is 22.9 Å². The Morgan fingerprint density at radius 1 is 1.24 bits per heavy atom. The number of nitrogens with zero attached hydrogens (tertiary/aromatic N) is 2. The van der Waals surface area contributed by atoms with Gasteiger partial charge in [0, 0.05) is 17.5 Å². The van der Waals surface area contributed by atoms with Crippen LogP contribution in [0, 0.1) is 17.7 Å². The second-order valence-electron chi connectivity index (χ2n) is 8.47. The Hall–Kier alpha value is -3.62. The molecule has 8 nitrogen and oxygen atoms in total. The summed E-state index contributed by atoms with van der Waals surface area (Å²) < 4.78 is 30.5. The van der Waals surface area contributed by atoms with Crippen LogP contribution in [0.15, 0.2) is 42.5 Å². The molecule has 9 heteroatoms. The van der Waals surface area contributed by atoms with Crippen molar-refractivity contribution in [3.05, 3.63) is 53.8 Å². The third-order valence-corrected chi connectivity index (χ3v) is 6.83. The lowest BCUT2D eigenvalue weighted by molar-refractivity contribution is -0.154. The second-order valence-corrected chi connectivity index (χ2v) is 8.47. The number of halogens is 1. The molecule has 0 aromatic heterocycles. The predicted octanol–water partition coefficient (Wildman–Crippen LogP) is 3.30. The van der Waals surface area contributed by atoms with Gasteiger partial charge in [-0.1, -0.05) is 6.07 Å². The van der Waals surface area contributed by atoms with E-state index in [1.54, 1.807) is 32.0 Å². The van der Waals surface area contributed by atoms with Gasteiger partial charge >= 0.3 is 12.0 Å². The summed E-state index contributed by atoms with van der Waals surface area (Å²) in [5, 5.41) is 0. The molecule has 0 aliphatic carbocycles. The number of hydrogen-bond donors (Lipinski definition) is 0. The van der Waals surface area contributed by atoms with Crippen molar-refractivity contribution < 1.29 is 33.0 Å². The van der Waals surface area contributed by atoms with E-state index in [0.717, 1.165) is 11.0 Å². The van der Waals surface area contributed by atoms with Gasteiger partial charge < -0.3 is 19.1 Å². The largest absolute Gasteiger partial charge is 0.497 e. The molecule has 3 amide bonds. The minimum Gasteiger partial charge on any atom is -0.497 e. The lowest BCUT2D eigenvalue weighted by Crippen LogP contribution is -2.51. The van der Waals surface area contributed by atoms with Gasteiger partial charge in [0.05, 0.1) is 38.0 Å². The zero-order chi connectivity index (χ0) is 23.5. The molecule has 3 heterocycles. The van der Waals surface area contributed by atoms with Crippen LogP contribution in [-0.4, -0.2) is 48.7 Å². The molecule has 4 atom stereocenters. The normalized spacial score (nSPS) is 27.6. The predicted molar refractivity (Wildman–Crippen MR) is 114 cm³/mol. The molecular formula is C24H23FN2O6. The number of carbonyl (C=O) groups excluding carboxylic acids is 3. The van der Waals surface area contributed by atoms with E-state index < -0.39 is 47.1 Å². The van der Waals surface area contributed by atoms with Crippen molar-refractivity contribution in [2.24, 2.45) is 11.8 Å². The summed E-state index contributed by atoms with van der Waals surface area (Å²) in [6.45, 7) is 3.52. The molecule has 0 N–H and O–H groups in total. The van der Waals surface area contributed by atoms with Gasteiger partial charge in [0.2, 0.25) is 0 Å². The maximum absolute atomic E-state index is 13.9. The SMILES string of the molecule is CCOC(=O)C1C2COc3cc(OC)ccc3C2N2C(=O)N(c3cccc(F)c3)C(=O)[C@@]12C.